The lowest BCUT2D eigenvalue weighted by molar-refractivity contribution is -0.127. The molecule has 2 N–H and O–H groups in total. The first-order chi connectivity index (χ1) is 14.6. The number of ether oxygens (including phenoxy) is 1. The highest BCUT2D eigenvalue weighted by molar-refractivity contribution is 5.79. The van der Waals surface area contributed by atoms with Crippen molar-refractivity contribution in [3.05, 3.63) is 24.3 Å². The summed E-state index contributed by atoms with van der Waals surface area (Å²) in [6.07, 6.45) is 6.25. The Kier molecular flexibility index (Phi) is 6.22. The van der Waals surface area contributed by atoms with Crippen LogP contribution in [0.3, 0.4) is 0 Å². The van der Waals surface area contributed by atoms with E-state index >= 15 is 0 Å². The first-order valence-electron chi connectivity index (χ1n) is 10.8. The minimum absolute atomic E-state index is 0.0399. The fraction of sp³-hybridized carbons (Fsp3) is 0.591. The molecule has 1 saturated carbocycles. The SMILES string of the molecule is COc1ccc(-c2noc(N3CCC(C(=O)NCC4(O)CCCCC4)CC3)n2)cc1. The molecule has 0 unspecified atom stereocenters. The number of carbonyl (C=O) groups excluding carboxylic acids is 1. The van der Waals surface area contributed by atoms with Gasteiger partial charge in [0.1, 0.15) is 5.75 Å². The summed E-state index contributed by atoms with van der Waals surface area (Å²) >= 11 is 0. The molecule has 30 heavy (non-hydrogen) atoms. The maximum Gasteiger partial charge on any atom is 0.324 e. The van der Waals surface area contributed by atoms with Crippen molar-refractivity contribution in [3.8, 4) is 17.1 Å². The van der Waals surface area contributed by atoms with E-state index in [1.807, 2.05) is 29.2 Å². The lowest BCUT2D eigenvalue weighted by Gasteiger charge is -2.34. The number of nitrogens with zero attached hydrogens (tertiary/aromatic N) is 3. The maximum absolute atomic E-state index is 12.6. The number of aliphatic hydroxyl groups is 1. The number of methoxy groups -OCH3 is 1. The van der Waals surface area contributed by atoms with Crippen LogP contribution in [0, 0.1) is 5.92 Å². The van der Waals surface area contributed by atoms with Gasteiger partial charge in [0.2, 0.25) is 11.7 Å². The zero-order chi connectivity index (χ0) is 21.0. The number of nitrogens with one attached hydrogen (secondary N) is 1. The van der Waals surface area contributed by atoms with Crippen LogP contribution < -0.4 is 15.0 Å². The predicted octanol–water partition coefficient (Wildman–Crippen LogP) is 2.77. The van der Waals surface area contributed by atoms with Gasteiger partial charge in [-0.2, -0.15) is 4.98 Å². The lowest BCUT2D eigenvalue weighted by atomic mass is 9.84. The monoisotopic (exact) mass is 414 g/mol. The standard InChI is InChI=1S/C22H30N4O4/c1-29-18-7-5-16(6-8-18)19-24-21(30-25-19)26-13-9-17(10-14-26)20(27)23-15-22(28)11-3-2-4-12-22/h5-8,17,28H,2-4,9-15H2,1H3,(H,23,27). The molecule has 2 heterocycles. The number of amides is 1. The van der Waals surface area contributed by atoms with Gasteiger partial charge in [-0.05, 0) is 49.9 Å². The van der Waals surface area contributed by atoms with Gasteiger partial charge in [0, 0.05) is 31.1 Å². The molecule has 1 aliphatic carbocycles. The van der Waals surface area contributed by atoms with E-state index < -0.39 is 5.60 Å². The van der Waals surface area contributed by atoms with E-state index in [9.17, 15) is 9.90 Å². The smallest absolute Gasteiger partial charge is 0.324 e. The molecule has 0 radical (unpaired) electrons. The summed E-state index contributed by atoms with van der Waals surface area (Å²) in [6.45, 7) is 1.74. The molecule has 1 aliphatic heterocycles. The minimum atomic E-state index is -0.726. The maximum atomic E-state index is 12.6. The Balaban J connectivity index is 1.28. The van der Waals surface area contributed by atoms with Crippen LogP contribution in [0.4, 0.5) is 6.01 Å². The number of carbonyl (C=O) groups is 1. The highest BCUT2D eigenvalue weighted by atomic mass is 16.5. The van der Waals surface area contributed by atoms with Crippen LogP contribution in [0.1, 0.15) is 44.9 Å². The summed E-state index contributed by atoms with van der Waals surface area (Å²) in [6, 6.07) is 7.99. The zero-order valence-electron chi connectivity index (χ0n) is 17.5. The van der Waals surface area contributed by atoms with Crippen LogP contribution in [0.15, 0.2) is 28.8 Å². The number of hydrogen-bond acceptors (Lipinski definition) is 7. The Morgan fingerprint density at radius 1 is 1.23 bits per heavy atom. The van der Waals surface area contributed by atoms with Crippen molar-refractivity contribution in [1.29, 1.82) is 0 Å². The quantitative estimate of drug-likeness (QED) is 0.749. The van der Waals surface area contributed by atoms with E-state index in [-0.39, 0.29) is 11.8 Å². The molecule has 2 fully saturated rings. The van der Waals surface area contributed by atoms with Crippen LogP contribution in [0.2, 0.25) is 0 Å². The van der Waals surface area contributed by atoms with Crippen LogP contribution in [0.5, 0.6) is 5.75 Å². The van der Waals surface area contributed by atoms with Gasteiger partial charge in [-0.3, -0.25) is 4.79 Å². The van der Waals surface area contributed by atoms with Crippen LogP contribution in [-0.4, -0.2) is 53.5 Å². The molecule has 8 heteroatoms. The summed E-state index contributed by atoms with van der Waals surface area (Å²) in [7, 11) is 1.63. The van der Waals surface area contributed by atoms with Gasteiger partial charge in [-0.25, -0.2) is 0 Å². The molecule has 1 saturated heterocycles. The van der Waals surface area contributed by atoms with E-state index in [0.717, 1.165) is 49.8 Å². The van der Waals surface area contributed by atoms with Crippen molar-refractivity contribution in [1.82, 2.24) is 15.5 Å². The fourth-order valence-corrected chi connectivity index (χ4v) is 4.32. The lowest BCUT2D eigenvalue weighted by Crippen LogP contribution is -2.47. The number of benzene rings is 1. The van der Waals surface area contributed by atoms with E-state index in [1.54, 1.807) is 7.11 Å². The highest BCUT2D eigenvalue weighted by Crippen LogP contribution is 2.28. The summed E-state index contributed by atoms with van der Waals surface area (Å²) in [5.41, 5.74) is 0.136. The Labute approximate surface area is 176 Å². The predicted molar refractivity (Wildman–Crippen MR) is 112 cm³/mol. The van der Waals surface area contributed by atoms with E-state index in [1.165, 1.54) is 6.42 Å². The van der Waals surface area contributed by atoms with Crippen molar-refractivity contribution >= 4 is 11.9 Å². The average molecular weight is 415 g/mol. The Morgan fingerprint density at radius 2 is 1.93 bits per heavy atom. The Morgan fingerprint density at radius 3 is 2.60 bits per heavy atom. The third kappa shape index (κ3) is 4.75. The minimum Gasteiger partial charge on any atom is -0.497 e. The molecule has 1 aromatic carbocycles. The molecule has 162 valence electrons. The van der Waals surface area contributed by atoms with Crippen LogP contribution in [0.25, 0.3) is 11.4 Å². The molecular weight excluding hydrogens is 384 g/mol. The van der Waals surface area contributed by atoms with Gasteiger partial charge in [0.15, 0.2) is 0 Å². The third-order valence-electron chi connectivity index (χ3n) is 6.28. The fourth-order valence-electron chi connectivity index (χ4n) is 4.32. The van der Waals surface area contributed by atoms with Gasteiger partial charge >= 0.3 is 6.01 Å². The number of hydrogen-bond donors (Lipinski definition) is 2. The molecule has 0 spiro atoms. The van der Waals surface area contributed by atoms with Gasteiger partial charge in [0.25, 0.3) is 0 Å². The summed E-state index contributed by atoms with van der Waals surface area (Å²) in [5, 5.41) is 17.6. The summed E-state index contributed by atoms with van der Waals surface area (Å²) < 4.78 is 10.6. The van der Waals surface area contributed by atoms with Gasteiger partial charge in [-0.15, -0.1) is 0 Å². The largest absolute Gasteiger partial charge is 0.497 e. The van der Waals surface area contributed by atoms with Crippen molar-refractivity contribution in [2.75, 3.05) is 31.6 Å². The zero-order valence-corrected chi connectivity index (χ0v) is 17.5. The Hall–Kier alpha value is -2.61. The number of piperidine rings is 1. The molecule has 8 nitrogen and oxygen atoms in total. The molecule has 1 aromatic heterocycles. The normalized spacial score (nSPS) is 19.5. The Bertz CT molecular complexity index is 837. The molecule has 4 rings (SSSR count). The van der Waals surface area contributed by atoms with E-state index in [2.05, 4.69) is 15.5 Å². The van der Waals surface area contributed by atoms with Crippen LogP contribution >= 0.6 is 0 Å². The number of anilines is 1. The second-order valence-electron chi connectivity index (χ2n) is 8.39. The average Bonchev–Trinajstić information content (AvgIpc) is 3.28. The highest BCUT2D eigenvalue weighted by Gasteiger charge is 2.32. The molecule has 0 bridgehead atoms. The number of aromatic nitrogens is 2. The van der Waals surface area contributed by atoms with Crippen molar-refractivity contribution in [3.63, 3.8) is 0 Å². The van der Waals surface area contributed by atoms with E-state index in [4.69, 9.17) is 9.26 Å². The molecule has 0 atom stereocenters. The van der Waals surface area contributed by atoms with E-state index in [0.29, 0.717) is 31.5 Å². The second kappa shape index (κ2) is 9.04. The number of rotatable bonds is 6. The first kappa shape index (κ1) is 20.7. The van der Waals surface area contributed by atoms with Gasteiger partial charge in [-0.1, -0.05) is 24.4 Å². The topological polar surface area (TPSA) is 101 Å². The van der Waals surface area contributed by atoms with Crippen molar-refractivity contribution < 1.29 is 19.2 Å². The van der Waals surface area contributed by atoms with Crippen molar-refractivity contribution in [2.45, 2.75) is 50.5 Å². The summed E-state index contributed by atoms with van der Waals surface area (Å²) in [5.74, 6) is 1.31. The summed E-state index contributed by atoms with van der Waals surface area (Å²) in [4.78, 5) is 19.1. The molecule has 2 aromatic rings. The molecule has 1 amide bonds. The molecule has 2 aliphatic rings. The first-order valence-corrected chi connectivity index (χ1v) is 10.8. The van der Waals surface area contributed by atoms with Crippen LogP contribution in [-0.2, 0) is 4.79 Å². The third-order valence-corrected chi connectivity index (χ3v) is 6.28. The molecular formula is C22H30N4O4. The second-order valence-corrected chi connectivity index (χ2v) is 8.39. The van der Waals surface area contributed by atoms with Gasteiger partial charge in [0.05, 0.1) is 12.7 Å². The van der Waals surface area contributed by atoms with Gasteiger partial charge < -0.3 is 24.6 Å². The van der Waals surface area contributed by atoms with Crippen molar-refractivity contribution in [2.24, 2.45) is 5.92 Å².